The molecule has 0 heterocycles. The molecule has 0 aromatic heterocycles. The molecule has 4 nitrogen and oxygen atoms in total. The Labute approximate surface area is 73.3 Å². The Morgan fingerprint density at radius 2 is 2.33 bits per heavy atom. The lowest BCUT2D eigenvalue weighted by Gasteiger charge is -1.99. The van der Waals surface area contributed by atoms with Crippen molar-refractivity contribution in [2.24, 2.45) is 4.99 Å². The van der Waals surface area contributed by atoms with Crippen LogP contribution in [0.3, 0.4) is 0 Å². The van der Waals surface area contributed by atoms with Crippen molar-refractivity contribution in [3.63, 3.8) is 0 Å². The van der Waals surface area contributed by atoms with Crippen LogP contribution in [0, 0.1) is 5.41 Å². The molecular weight excluding hydrogens is 176 g/mol. The number of aliphatic imine (C=N–C) groups is 1. The van der Waals surface area contributed by atoms with E-state index in [1.54, 1.807) is 19.4 Å². The summed E-state index contributed by atoms with van der Waals surface area (Å²) in [4.78, 5) is 3.48. The molecule has 1 N–H and O–H groups in total. The molecule has 68 valence electrons. The van der Waals surface area contributed by atoms with E-state index in [1.807, 2.05) is 6.01 Å². The first-order valence-corrected chi connectivity index (χ1v) is 5.84. The molecule has 0 unspecified atom stereocenters. The number of ether oxygens (including phenoxy) is 1. The molecule has 0 rings (SSSR count). The SMILES string of the molecule is CCO/C(=C/[S+](C)(C)=O)N=C=N. The second-order valence-corrected chi connectivity index (χ2v) is 5.28. The number of hydrogen-bond acceptors (Lipinski definition) is 4. The van der Waals surface area contributed by atoms with Crippen LogP contribution in [0.15, 0.2) is 16.3 Å². The lowest BCUT2D eigenvalue weighted by atomic mass is 10.8. The van der Waals surface area contributed by atoms with Gasteiger partial charge in [-0.15, -0.1) is 9.20 Å². The van der Waals surface area contributed by atoms with Crippen molar-refractivity contribution in [3.05, 3.63) is 11.3 Å². The number of nitrogens with zero attached hydrogens (tertiary/aromatic N) is 1. The van der Waals surface area contributed by atoms with Gasteiger partial charge in [0.2, 0.25) is 0 Å². The highest BCUT2D eigenvalue weighted by Gasteiger charge is 2.11. The normalized spacial score (nSPS) is 12.1. The van der Waals surface area contributed by atoms with Gasteiger partial charge in [-0.2, -0.15) is 0 Å². The third kappa shape index (κ3) is 5.82. The summed E-state index contributed by atoms with van der Waals surface area (Å²) in [6.07, 6.45) is 3.15. The van der Waals surface area contributed by atoms with Gasteiger partial charge in [0.05, 0.1) is 12.6 Å². The first-order chi connectivity index (χ1) is 5.49. The van der Waals surface area contributed by atoms with Gasteiger partial charge >= 0.3 is 0 Å². The van der Waals surface area contributed by atoms with E-state index >= 15 is 0 Å². The van der Waals surface area contributed by atoms with Crippen LogP contribution in [0.2, 0.25) is 0 Å². The van der Waals surface area contributed by atoms with E-state index in [9.17, 15) is 4.21 Å². The third-order valence-corrected chi connectivity index (χ3v) is 1.61. The van der Waals surface area contributed by atoms with Crippen molar-refractivity contribution in [2.75, 3.05) is 19.1 Å². The fourth-order valence-electron chi connectivity index (χ4n) is 0.538. The highest BCUT2D eigenvalue weighted by Crippen LogP contribution is 2.05. The molecule has 0 aliphatic rings. The quantitative estimate of drug-likeness (QED) is 0.412. The van der Waals surface area contributed by atoms with Crippen molar-refractivity contribution < 1.29 is 8.95 Å². The Kier molecular flexibility index (Phi) is 4.47. The molecule has 0 aliphatic heterocycles. The molecular formula is C7H13N2O2S+. The predicted octanol–water partition coefficient (Wildman–Crippen LogP) is 1.33. The van der Waals surface area contributed by atoms with Crippen LogP contribution < -0.4 is 0 Å². The van der Waals surface area contributed by atoms with E-state index < -0.39 is 9.93 Å². The van der Waals surface area contributed by atoms with E-state index in [2.05, 4.69) is 4.99 Å². The maximum atomic E-state index is 11.2. The zero-order valence-corrected chi connectivity index (χ0v) is 8.27. The third-order valence-electron chi connectivity index (χ3n) is 0.843. The summed E-state index contributed by atoms with van der Waals surface area (Å²) in [6.45, 7) is 2.23. The Morgan fingerprint density at radius 3 is 2.67 bits per heavy atom. The first-order valence-electron chi connectivity index (χ1n) is 3.40. The van der Waals surface area contributed by atoms with E-state index in [0.717, 1.165) is 0 Å². The predicted molar refractivity (Wildman–Crippen MR) is 49.8 cm³/mol. The topological polar surface area (TPSA) is 62.5 Å². The van der Waals surface area contributed by atoms with E-state index in [1.165, 1.54) is 5.41 Å². The van der Waals surface area contributed by atoms with Gasteiger partial charge in [0, 0.05) is 0 Å². The summed E-state index contributed by atoms with van der Waals surface area (Å²) in [5.74, 6) is 0.197. The largest absolute Gasteiger partial charge is 0.474 e. The first kappa shape index (κ1) is 11.1. The summed E-state index contributed by atoms with van der Waals surface area (Å²) >= 11 is 0. The minimum atomic E-state index is -2.02. The standard InChI is InChI=1S/C7H13N2O2S/c1-4-11-7(9-6-8)5-12(2,3)10/h5,8H,4H2,1-3H3/q+1/b7-5+. The van der Waals surface area contributed by atoms with Crippen molar-refractivity contribution >= 4 is 15.9 Å². The summed E-state index contributed by atoms with van der Waals surface area (Å²) in [7, 11) is -2.02. The fraction of sp³-hybridized carbons (Fsp3) is 0.571. The maximum absolute atomic E-state index is 11.2. The van der Waals surface area contributed by atoms with E-state index in [0.29, 0.717) is 6.61 Å². The van der Waals surface area contributed by atoms with Crippen LogP contribution in [-0.4, -0.2) is 25.1 Å². The lowest BCUT2D eigenvalue weighted by molar-refractivity contribution is 0.228. The van der Waals surface area contributed by atoms with Crippen LogP contribution in [0.1, 0.15) is 6.92 Å². The van der Waals surface area contributed by atoms with Crippen molar-refractivity contribution in [1.82, 2.24) is 0 Å². The smallest absolute Gasteiger partial charge is 0.271 e. The number of rotatable bonds is 4. The number of nitrogens with one attached hydrogen (secondary N) is 1. The highest BCUT2D eigenvalue weighted by molar-refractivity contribution is 8.04. The summed E-state index contributed by atoms with van der Waals surface area (Å²) < 4.78 is 16.2. The average Bonchev–Trinajstić information content (AvgIpc) is 1.84. The van der Waals surface area contributed by atoms with Gasteiger partial charge in [0.25, 0.3) is 5.88 Å². The molecule has 0 amide bonds. The molecule has 0 aromatic carbocycles. The Balaban J connectivity index is 4.60. The second-order valence-electron chi connectivity index (χ2n) is 2.42. The molecule has 0 saturated carbocycles. The summed E-state index contributed by atoms with van der Waals surface area (Å²) in [5.41, 5.74) is 0. The van der Waals surface area contributed by atoms with Crippen molar-refractivity contribution in [1.29, 1.82) is 5.41 Å². The summed E-state index contributed by atoms with van der Waals surface area (Å²) in [6, 6.07) is 1.83. The van der Waals surface area contributed by atoms with Crippen LogP contribution in [-0.2, 0) is 18.9 Å². The van der Waals surface area contributed by atoms with Crippen LogP contribution in [0.5, 0.6) is 0 Å². The average molecular weight is 189 g/mol. The molecule has 0 radical (unpaired) electrons. The molecule has 12 heavy (non-hydrogen) atoms. The monoisotopic (exact) mass is 189 g/mol. The van der Waals surface area contributed by atoms with Crippen molar-refractivity contribution in [2.45, 2.75) is 6.92 Å². The molecule has 0 saturated heterocycles. The molecule has 0 aliphatic carbocycles. The van der Waals surface area contributed by atoms with Gasteiger partial charge in [0.1, 0.15) is 22.4 Å². The van der Waals surface area contributed by atoms with E-state index in [-0.39, 0.29) is 5.88 Å². The Morgan fingerprint density at radius 1 is 1.75 bits per heavy atom. The van der Waals surface area contributed by atoms with Crippen LogP contribution in [0.4, 0.5) is 0 Å². The second kappa shape index (κ2) is 4.85. The van der Waals surface area contributed by atoms with Gasteiger partial charge in [-0.05, 0) is 6.92 Å². The fourth-order valence-corrected chi connectivity index (χ4v) is 1.14. The van der Waals surface area contributed by atoms with Crippen LogP contribution in [0.25, 0.3) is 0 Å². The molecule has 5 heteroatoms. The molecule has 0 fully saturated rings. The Hall–Kier alpha value is -0.930. The van der Waals surface area contributed by atoms with Crippen molar-refractivity contribution in [3.8, 4) is 0 Å². The zero-order chi connectivity index (χ0) is 9.61. The van der Waals surface area contributed by atoms with Gasteiger partial charge in [-0.1, -0.05) is 0 Å². The zero-order valence-electron chi connectivity index (χ0n) is 7.46. The lowest BCUT2D eigenvalue weighted by Crippen LogP contribution is -2.01. The summed E-state index contributed by atoms with van der Waals surface area (Å²) in [5, 5.41) is 7.99. The maximum Gasteiger partial charge on any atom is 0.271 e. The molecule has 0 bridgehead atoms. The van der Waals surface area contributed by atoms with E-state index in [4.69, 9.17) is 10.1 Å². The minimum absolute atomic E-state index is 0.197. The molecule has 0 atom stereocenters. The minimum Gasteiger partial charge on any atom is -0.474 e. The highest BCUT2D eigenvalue weighted by atomic mass is 32.2. The molecule has 0 spiro atoms. The van der Waals surface area contributed by atoms with Gasteiger partial charge in [-0.3, -0.25) is 0 Å². The number of hydrogen-bond donors (Lipinski definition) is 1. The van der Waals surface area contributed by atoms with Gasteiger partial charge in [0.15, 0.2) is 5.41 Å². The Bertz CT molecular complexity index is 261. The van der Waals surface area contributed by atoms with Crippen LogP contribution >= 0.6 is 0 Å². The van der Waals surface area contributed by atoms with Gasteiger partial charge < -0.3 is 4.74 Å². The molecule has 0 aromatic rings. The van der Waals surface area contributed by atoms with Gasteiger partial charge in [-0.25, -0.2) is 5.41 Å².